The second kappa shape index (κ2) is 6.87. The summed E-state index contributed by atoms with van der Waals surface area (Å²) in [4.78, 5) is 0. The van der Waals surface area contributed by atoms with Crippen LogP contribution >= 0.6 is 11.8 Å². The Labute approximate surface area is 105 Å². The van der Waals surface area contributed by atoms with Crippen LogP contribution in [0.25, 0.3) is 0 Å². The van der Waals surface area contributed by atoms with Crippen LogP contribution in [0, 0.1) is 5.92 Å². The lowest BCUT2D eigenvalue weighted by Gasteiger charge is -2.39. The van der Waals surface area contributed by atoms with Gasteiger partial charge in [-0.15, -0.1) is 0 Å². The van der Waals surface area contributed by atoms with Crippen molar-refractivity contribution in [2.45, 2.75) is 56.7 Å². The summed E-state index contributed by atoms with van der Waals surface area (Å²) in [6, 6.07) is 0. The van der Waals surface area contributed by atoms with Crippen molar-refractivity contribution in [3.63, 3.8) is 0 Å². The SMILES string of the molecule is CCC(C)CSC1CCCC(CO)(NC)C1. The molecule has 0 aliphatic heterocycles. The zero-order valence-electron chi connectivity index (χ0n) is 11.0. The van der Waals surface area contributed by atoms with Crippen molar-refractivity contribution < 1.29 is 5.11 Å². The van der Waals surface area contributed by atoms with E-state index in [2.05, 4.69) is 30.9 Å². The topological polar surface area (TPSA) is 32.3 Å². The number of rotatable bonds is 6. The normalized spacial score (nSPS) is 32.6. The van der Waals surface area contributed by atoms with Crippen LogP contribution in [0.2, 0.25) is 0 Å². The van der Waals surface area contributed by atoms with Crippen molar-refractivity contribution in [1.29, 1.82) is 0 Å². The minimum absolute atomic E-state index is 0.00533. The minimum Gasteiger partial charge on any atom is -0.394 e. The third kappa shape index (κ3) is 3.94. The van der Waals surface area contributed by atoms with E-state index in [0.717, 1.165) is 24.0 Å². The molecular formula is C13H27NOS. The van der Waals surface area contributed by atoms with E-state index < -0.39 is 0 Å². The fourth-order valence-electron chi connectivity index (χ4n) is 2.32. The highest BCUT2D eigenvalue weighted by Gasteiger charge is 2.34. The molecule has 0 aromatic rings. The Morgan fingerprint density at radius 3 is 2.88 bits per heavy atom. The maximum Gasteiger partial charge on any atom is 0.0613 e. The molecule has 0 heterocycles. The number of hydrogen-bond acceptors (Lipinski definition) is 3. The molecule has 1 aliphatic carbocycles. The largest absolute Gasteiger partial charge is 0.394 e. The van der Waals surface area contributed by atoms with Crippen molar-refractivity contribution in [2.24, 2.45) is 5.92 Å². The molecule has 16 heavy (non-hydrogen) atoms. The molecule has 0 saturated heterocycles. The Kier molecular flexibility index (Phi) is 6.16. The first-order valence-electron chi connectivity index (χ1n) is 6.57. The predicted molar refractivity (Wildman–Crippen MR) is 73.0 cm³/mol. The number of likely N-dealkylation sites (N-methyl/N-ethyl adjacent to an activating group) is 1. The number of aliphatic hydroxyl groups excluding tert-OH is 1. The van der Waals surface area contributed by atoms with Gasteiger partial charge in [-0.2, -0.15) is 11.8 Å². The van der Waals surface area contributed by atoms with Crippen LogP contribution in [0.1, 0.15) is 46.0 Å². The number of hydrogen-bond donors (Lipinski definition) is 2. The van der Waals surface area contributed by atoms with E-state index in [4.69, 9.17) is 0 Å². The lowest BCUT2D eigenvalue weighted by molar-refractivity contribution is 0.131. The standard InChI is InChI=1S/C13H27NOS/c1-4-11(2)9-16-12-6-5-7-13(8-12,10-15)14-3/h11-12,14-15H,4-10H2,1-3H3. The van der Waals surface area contributed by atoms with Crippen molar-refractivity contribution in [1.82, 2.24) is 5.32 Å². The van der Waals surface area contributed by atoms with Gasteiger partial charge in [0.25, 0.3) is 0 Å². The molecule has 0 radical (unpaired) electrons. The average Bonchev–Trinajstić information content (AvgIpc) is 2.36. The fraction of sp³-hybridized carbons (Fsp3) is 1.00. The molecule has 2 nitrogen and oxygen atoms in total. The van der Waals surface area contributed by atoms with E-state index in [1.807, 2.05) is 7.05 Å². The van der Waals surface area contributed by atoms with Crippen molar-refractivity contribution in [3.05, 3.63) is 0 Å². The summed E-state index contributed by atoms with van der Waals surface area (Å²) < 4.78 is 0. The van der Waals surface area contributed by atoms with Gasteiger partial charge in [0, 0.05) is 10.8 Å². The van der Waals surface area contributed by atoms with Crippen molar-refractivity contribution in [3.8, 4) is 0 Å². The maximum absolute atomic E-state index is 9.51. The van der Waals surface area contributed by atoms with E-state index in [1.54, 1.807) is 0 Å². The Hall–Kier alpha value is 0.270. The number of aliphatic hydroxyl groups is 1. The lowest BCUT2D eigenvalue weighted by Crippen LogP contribution is -2.50. The van der Waals surface area contributed by atoms with E-state index in [1.165, 1.54) is 25.0 Å². The molecule has 0 bridgehead atoms. The fourth-order valence-corrected chi connectivity index (χ4v) is 3.92. The van der Waals surface area contributed by atoms with Crippen LogP contribution in [0.5, 0.6) is 0 Å². The summed E-state index contributed by atoms with van der Waals surface area (Å²) in [5.74, 6) is 2.09. The quantitative estimate of drug-likeness (QED) is 0.754. The molecule has 1 rings (SSSR count). The summed E-state index contributed by atoms with van der Waals surface area (Å²) in [6.45, 7) is 4.87. The van der Waals surface area contributed by atoms with Gasteiger partial charge in [0.15, 0.2) is 0 Å². The Bertz CT molecular complexity index is 194. The Morgan fingerprint density at radius 2 is 2.31 bits per heavy atom. The molecule has 0 aromatic heterocycles. The highest BCUT2D eigenvalue weighted by Crippen LogP contribution is 2.35. The monoisotopic (exact) mass is 245 g/mol. The summed E-state index contributed by atoms with van der Waals surface area (Å²) in [6.07, 6.45) is 6.10. The first-order chi connectivity index (χ1) is 7.65. The molecular weight excluding hydrogens is 218 g/mol. The van der Waals surface area contributed by atoms with Crippen LogP contribution in [0.4, 0.5) is 0 Å². The van der Waals surface area contributed by atoms with Crippen LogP contribution in [-0.4, -0.2) is 35.3 Å². The minimum atomic E-state index is 0.00533. The first-order valence-corrected chi connectivity index (χ1v) is 7.62. The molecule has 3 unspecified atom stereocenters. The Morgan fingerprint density at radius 1 is 1.56 bits per heavy atom. The molecule has 0 spiro atoms. The van der Waals surface area contributed by atoms with E-state index in [-0.39, 0.29) is 12.1 Å². The zero-order chi connectivity index (χ0) is 12.0. The molecule has 0 amide bonds. The highest BCUT2D eigenvalue weighted by molar-refractivity contribution is 7.99. The first kappa shape index (κ1) is 14.3. The van der Waals surface area contributed by atoms with Gasteiger partial charge in [0.05, 0.1) is 6.61 Å². The van der Waals surface area contributed by atoms with Crippen LogP contribution in [0.3, 0.4) is 0 Å². The van der Waals surface area contributed by atoms with Gasteiger partial charge in [0.2, 0.25) is 0 Å². The molecule has 0 aromatic carbocycles. The molecule has 3 atom stereocenters. The van der Waals surface area contributed by atoms with Crippen LogP contribution in [0.15, 0.2) is 0 Å². The molecule has 1 saturated carbocycles. The third-order valence-corrected chi connectivity index (χ3v) is 5.58. The van der Waals surface area contributed by atoms with Gasteiger partial charge in [-0.25, -0.2) is 0 Å². The van der Waals surface area contributed by atoms with Gasteiger partial charge in [-0.3, -0.25) is 0 Å². The van der Waals surface area contributed by atoms with Gasteiger partial charge in [-0.05, 0) is 38.0 Å². The van der Waals surface area contributed by atoms with Gasteiger partial charge in [0.1, 0.15) is 0 Å². The van der Waals surface area contributed by atoms with E-state index in [0.29, 0.717) is 0 Å². The second-order valence-corrected chi connectivity index (χ2v) is 6.59. The average molecular weight is 245 g/mol. The lowest BCUT2D eigenvalue weighted by atomic mass is 9.82. The molecule has 1 fully saturated rings. The van der Waals surface area contributed by atoms with E-state index in [9.17, 15) is 5.11 Å². The predicted octanol–water partition coefficient (Wildman–Crippen LogP) is 2.66. The maximum atomic E-state index is 9.51. The van der Waals surface area contributed by atoms with Gasteiger partial charge < -0.3 is 10.4 Å². The number of thioether (sulfide) groups is 1. The zero-order valence-corrected chi connectivity index (χ0v) is 11.8. The summed E-state index contributed by atoms with van der Waals surface area (Å²) in [5, 5.41) is 13.6. The molecule has 96 valence electrons. The Balaban J connectivity index is 2.38. The van der Waals surface area contributed by atoms with Crippen LogP contribution in [-0.2, 0) is 0 Å². The van der Waals surface area contributed by atoms with Crippen LogP contribution < -0.4 is 5.32 Å². The molecule has 3 heteroatoms. The summed E-state index contributed by atoms with van der Waals surface area (Å²) in [7, 11) is 1.98. The van der Waals surface area contributed by atoms with E-state index >= 15 is 0 Å². The highest BCUT2D eigenvalue weighted by atomic mass is 32.2. The van der Waals surface area contributed by atoms with Crippen molar-refractivity contribution in [2.75, 3.05) is 19.4 Å². The summed E-state index contributed by atoms with van der Waals surface area (Å²) in [5.41, 5.74) is 0.00533. The number of nitrogens with one attached hydrogen (secondary N) is 1. The van der Waals surface area contributed by atoms with Gasteiger partial charge in [-0.1, -0.05) is 26.7 Å². The van der Waals surface area contributed by atoms with Crippen molar-refractivity contribution >= 4 is 11.8 Å². The second-order valence-electron chi connectivity index (χ2n) is 5.25. The summed E-state index contributed by atoms with van der Waals surface area (Å²) >= 11 is 2.11. The smallest absolute Gasteiger partial charge is 0.0613 e. The molecule has 1 aliphatic rings. The molecule has 2 N–H and O–H groups in total. The third-order valence-electron chi connectivity index (χ3n) is 3.95. The van der Waals surface area contributed by atoms with Gasteiger partial charge >= 0.3 is 0 Å².